The standard InChI is InChI=1S/C14H19ClN2O2.ClH/c1-10(8-16)14(18)17-6-7-19-13(9-17)11-2-4-12(15)5-3-11;/h2-5,10,13H,6-9,16H2,1H3;1H. The van der Waals surface area contributed by atoms with E-state index in [1.165, 1.54) is 0 Å². The van der Waals surface area contributed by atoms with Crippen LogP contribution in [0.1, 0.15) is 18.6 Å². The summed E-state index contributed by atoms with van der Waals surface area (Å²) in [7, 11) is 0. The van der Waals surface area contributed by atoms with Crippen LogP contribution in [0.25, 0.3) is 0 Å². The van der Waals surface area contributed by atoms with Gasteiger partial charge in [-0.3, -0.25) is 4.79 Å². The van der Waals surface area contributed by atoms with Crippen LogP contribution in [-0.2, 0) is 9.53 Å². The zero-order valence-corrected chi connectivity index (χ0v) is 13.0. The highest BCUT2D eigenvalue weighted by Gasteiger charge is 2.27. The Labute approximate surface area is 130 Å². The van der Waals surface area contributed by atoms with E-state index in [2.05, 4.69) is 0 Å². The molecule has 1 amide bonds. The highest BCUT2D eigenvalue weighted by Crippen LogP contribution is 2.24. The molecule has 1 saturated heterocycles. The first-order valence-electron chi connectivity index (χ1n) is 6.47. The van der Waals surface area contributed by atoms with Gasteiger partial charge in [-0.15, -0.1) is 12.4 Å². The minimum Gasteiger partial charge on any atom is -0.370 e. The summed E-state index contributed by atoms with van der Waals surface area (Å²) in [5.74, 6) is -0.0336. The van der Waals surface area contributed by atoms with Crippen molar-refractivity contribution in [2.45, 2.75) is 13.0 Å². The van der Waals surface area contributed by atoms with Gasteiger partial charge in [0.1, 0.15) is 6.10 Å². The van der Waals surface area contributed by atoms with E-state index >= 15 is 0 Å². The molecule has 1 heterocycles. The van der Waals surface area contributed by atoms with Crippen molar-refractivity contribution < 1.29 is 9.53 Å². The molecule has 2 atom stereocenters. The topological polar surface area (TPSA) is 55.6 Å². The Hall–Kier alpha value is -0.810. The van der Waals surface area contributed by atoms with Crippen molar-refractivity contribution in [1.29, 1.82) is 0 Å². The number of benzene rings is 1. The maximum absolute atomic E-state index is 12.1. The second-order valence-corrected chi connectivity index (χ2v) is 5.27. The zero-order valence-electron chi connectivity index (χ0n) is 11.4. The molecular formula is C14H20Cl2N2O2. The number of hydrogen-bond donors (Lipinski definition) is 1. The molecule has 0 saturated carbocycles. The molecule has 0 aliphatic carbocycles. The van der Waals surface area contributed by atoms with Crippen molar-refractivity contribution in [2.75, 3.05) is 26.2 Å². The summed E-state index contributed by atoms with van der Waals surface area (Å²) in [5, 5.41) is 0.698. The molecule has 1 aromatic carbocycles. The van der Waals surface area contributed by atoms with Gasteiger partial charge < -0.3 is 15.4 Å². The maximum atomic E-state index is 12.1. The molecule has 1 fully saturated rings. The van der Waals surface area contributed by atoms with Crippen LogP contribution in [0.5, 0.6) is 0 Å². The van der Waals surface area contributed by atoms with Crippen LogP contribution < -0.4 is 5.73 Å². The minimum atomic E-state index is -0.135. The van der Waals surface area contributed by atoms with E-state index in [4.69, 9.17) is 22.1 Å². The van der Waals surface area contributed by atoms with Crippen LogP contribution in [0.4, 0.5) is 0 Å². The number of carbonyl (C=O) groups is 1. The van der Waals surface area contributed by atoms with Crippen LogP contribution in [0.3, 0.4) is 0 Å². The number of morpholine rings is 1. The van der Waals surface area contributed by atoms with Gasteiger partial charge in [-0.25, -0.2) is 0 Å². The van der Waals surface area contributed by atoms with Gasteiger partial charge in [0.15, 0.2) is 0 Å². The average Bonchev–Trinajstić information content (AvgIpc) is 2.46. The van der Waals surface area contributed by atoms with Gasteiger partial charge in [0.25, 0.3) is 0 Å². The van der Waals surface area contributed by atoms with E-state index < -0.39 is 0 Å². The van der Waals surface area contributed by atoms with Gasteiger partial charge >= 0.3 is 0 Å². The van der Waals surface area contributed by atoms with E-state index in [-0.39, 0.29) is 30.3 Å². The fraction of sp³-hybridized carbons (Fsp3) is 0.500. The molecule has 0 radical (unpaired) electrons. The lowest BCUT2D eigenvalue weighted by molar-refractivity contribution is -0.142. The van der Waals surface area contributed by atoms with Gasteiger partial charge in [0.2, 0.25) is 5.91 Å². The third-order valence-corrected chi connectivity index (χ3v) is 3.65. The van der Waals surface area contributed by atoms with Crippen molar-refractivity contribution in [3.8, 4) is 0 Å². The van der Waals surface area contributed by atoms with E-state index in [1.807, 2.05) is 36.1 Å². The van der Waals surface area contributed by atoms with Crippen molar-refractivity contribution in [3.63, 3.8) is 0 Å². The summed E-state index contributed by atoms with van der Waals surface area (Å²) in [6.45, 7) is 3.99. The molecule has 1 aliphatic heterocycles. The number of hydrogen-bond acceptors (Lipinski definition) is 3. The Balaban J connectivity index is 0.00000200. The summed E-state index contributed by atoms with van der Waals surface area (Å²) >= 11 is 5.87. The number of carbonyl (C=O) groups excluding carboxylic acids is 1. The largest absolute Gasteiger partial charge is 0.370 e. The summed E-state index contributed by atoms with van der Waals surface area (Å²) in [6, 6.07) is 7.55. The monoisotopic (exact) mass is 318 g/mol. The molecule has 1 aliphatic rings. The maximum Gasteiger partial charge on any atom is 0.226 e. The zero-order chi connectivity index (χ0) is 13.8. The summed E-state index contributed by atoms with van der Waals surface area (Å²) < 4.78 is 5.73. The Bertz CT molecular complexity index is 439. The lowest BCUT2D eigenvalue weighted by atomic mass is 10.1. The lowest BCUT2D eigenvalue weighted by Gasteiger charge is -2.34. The highest BCUT2D eigenvalue weighted by atomic mass is 35.5. The van der Waals surface area contributed by atoms with Crippen molar-refractivity contribution >= 4 is 29.9 Å². The van der Waals surface area contributed by atoms with E-state index in [0.29, 0.717) is 31.3 Å². The Morgan fingerprint density at radius 2 is 2.15 bits per heavy atom. The highest BCUT2D eigenvalue weighted by molar-refractivity contribution is 6.30. The first-order chi connectivity index (χ1) is 9.11. The predicted molar refractivity (Wildman–Crippen MR) is 82.2 cm³/mol. The second-order valence-electron chi connectivity index (χ2n) is 4.83. The molecular weight excluding hydrogens is 299 g/mol. The van der Waals surface area contributed by atoms with Crippen LogP contribution >= 0.6 is 24.0 Å². The van der Waals surface area contributed by atoms with Gasteiger partial charge in [0, 0.05) is 24.0 Å². The van der Waals surface area contributed by atoms with Crippen LogP contribution in [0.15, 0.2) is 24.3 Å². The molecule has 20 heavy (non-hydrogen) atoms. The third-order valence-electron chi connectivity index (χ3n) is 3.40. The van der Waals surface area contributed by atoms with Crippen LogP contribution in [0, 0.1) is 5.92 Å². The molecule has 0 spiro atoms. The van der Waals surface area contributed by atoms with E-state index in [1.54, 1.807) is 0 Å². The second kappa shape index (κ2) is 7.84. The van der Waals surface area contributed by atoms with E-state index in [9.17, 15) is 4.79 Å². The van der Waals surface area contributed by atoms with Crippen LogP contribution in [-0.4, -0.2) is 37.0 Å². The summed E-state index contributed by atoms with van der Waals surface area (Å²) in [4.78, 5) is 14.0. The normalized spacial score (nSPS) is 20.1. The smallest absolute Gasteiger partial charge is 0.226 e. The molecule has 2 N–H and O–H groups in total. The number of nitrogens with zero attached hydrogens (tertiary/aromatic N) is 1. The third kappa shape index (κ3) is 4.09. The Morgan fingerprint density at radius 1 is 1.50 bits per heavy atom. The van der Waals surface area contributed by atoms with Gasteiger partial charge in [-0.05, 0) is 17.7 Å². The number of rotatable bonds is 3. The Kier molecular flexibility index (Phi) is 6.76. The molecule has 0 bridgehead atoms. The Morgan fingerprint density at radius 3 is 2.75 bits per heavy atom. The number of amides is 1. The van der Waals surface area contributed by atoms with Crippen molar-refractivity contribution in [3.05, 3.63) is 34.9 Å². The summed E-state index contributed by atoms with van der Waals surface area (Å²) in [6.07, 6.45) is -0.0834. The number of halogens is 2. The molecule has 6 heteroatoms. The molecule has 0 aromatic heterocycles. The predicted octanol–water partition coefficient (Wildman–Crippen LogP) is 2.26. The first-order valence-corrected chi connectivity index (χ1v) is 6.85. The number of ether oxygens (including phenoxy) is 1. The minimum absolute atomic E-state index is 0. The molecule has 4 nitrogen and oxygen atoms in total. The van der Waals surface area contributed by atoms with Gasteiger partial charge in [0.05, 0.1) is 13.2 Å². The fourth-order valence-corrected chi connectivity index (χ4v) is 2.27. The van der Waals surface area contributed by atoms with Crippen LogP contribution in [0.2, 0.25) is 5.02 Å². The molecule has 2 rings (SSSR count). The quantitative estimate of drug-likeness (QED) is 0.930. The fourth-order valence-electron chi connectivity index (χ4n) is 2.14. The van der Waals surface area contributed by atoms with E-state index in [0.717, 1.165) is 5.56 Å². The van der Waals surface area contributed by atoms with Gasteiger partial charge in [-0.2, -0.15) is 0 Å². The lowest BCUT2D eigenvalue weighted by Crippen LogP contribution is -2.45. The SMILES string of the molecule is CC(CN)C(=O)N1CCOC(c2ccc(Cl)cc2)C1.Cl. The van der Waals surface area contributed by atoms with Gasteiger partial charge in [-0.1, -0.05) is 30.7 Å². The van der Waals surface area contributed by atoms with Crippen molar-refractivity contribution in [2.24, 2.45) is 11.7 Å². The average molecular weight is 319 g/mol. The molecule has 112 valence electrons. The summed E-state index contributed by atoms with van der Waals surface area (Å²) in [5.41, 5.74) is 6.59. The molecule has 2 unspecified atom stereocenters. The first kappa shape index (κ1) is 17.2. The number of nitrogens with two attached hydrogens (primary N) is 1. The van der Waals surface area contributed by atoms with Crippen molar-refractivity contribution in [1.82, 2.24) is 4.90 Å². The molecule has 1 aromatic rings.